The molecule has 0 unspecified atom stereocenters. The van der Waals surface area contributed by atoms with Crippen LogP contribution in [-0.2, 0) is 0 Å². The van der Waals surface area contributed by atoms with Crippen molar-refractivity contribution in [3.8, 4) is 28.6 Å². The zero-order chi connectivity index (χ0) is 21.2. The molecule has 0 radical (unpaired) electrons. The predicted molar refractivity (Wildman–Crippen MR) is 111 cm³/mol. The topological polar surface area (TPSA) is 99.0 Å². The molecule has 2 aliphatic heterocycles. The van der Waals surface area contributed by atoms with Crippen molar-refractivity contribution >= 4 is 11.7 Å². The minimum Gasteiger partial charge on any atom is -0.496 e. The average molecular weight is 422 g/mol. The van der Waals surface area contributed by atoms with E-state index in [9.17, 15) is 4.79 Å². The van der Waals surface area contributed by atoms with Crippen molar-refractivity contribution < 1.29 is 23.5 Å². The maximum Gasteiger partial charge on any atom is 0.322 e. The van der Waals surface area contributed by atoms with Crippen molar-refractivity contribution in [2.24, 2.45) is 0 Å². The molecule has 2 amide bonds. The third kappa shape index (κ3) is 3.74. The van der Waals surface area contributed by atoms with Gasteiger partial charge < -0.3 is 29.0 Å². The normalized spacial score (nSPS) is 17.5. The van der Waals surface area contributed by atoms with Gasteiger partial charge in [0, 0.05) is 18.3 Å². The fraction of sp³-hybridized carbons (Fsp3) is 0.318. The van der Waals surface area contributed by atoms with Crippen molar-refractivity contribution in [3.63, 3.8) is 0 Å². The second kappa shape index (κ2) is 8.17. The summed E-state index contributed by atoms with van der Waals surface area (Å²) >= 11 is 0. The number of para-hydroxylation sites is 1. The van der Waals surface area contributed by atoms with Gasteiger partial charge in [0.05, 0.1) is 12.7 Å². The van der Waals surface area contributed by atoms with Gasteiger partial charge in [-0.25, -0.2) is 4.79 Å². The molecular formula is C22H22N4O5. The SMILES string of the molecule is COc1ccccc1-c1noc([C@H]2CCCN2C(=O)Nc2ccc3c(c2)OCCO3)n1. The highest BCUT2D eigenvalue weighted by atomic mass is 16.6. The Bertz CT molecular complexity index is 1100. The number of carbonyl (C=O) groups is 1. The van der Waals surface area contributed by atoms with E-state index in [4.69, 9.17) is 18.7 Å². The Morgan fingerprint density at radius 3 is 2.87 bits per heavy atom. The third-order valence-electron chi connectivity index (χ3n) is 5.38. The number of carbonyl (C=O) groups excluding carboxylic acids is 1. The highest BCUT2D eigenvalue weighted by Crippen LogP contribution is 2.36. The summed E-state index contributed by atoms with van der Waals surface area (Å²) in [6.45, 7) is 1.62. The van der Waals surface area contributed by atoms with Crippen LogP contribution in [0.1, 0.15) is 24.8 Å². The van der Waals surface area contributed by atoms with Crippen molar-refractivity contribution in [1.29, 1.82) is 0 Å². The van der Waals surface area contributed by atoms with Crippen LogP contribution in [0.4, 0.5) is 10.5 Å². The molecule has 1 N–H and O–H groups in total. The van der Waals surface area contributed by atoms with Gasteiger partial charge in [-0.3, -0.25) is 0 Å². The number of nitrogens with zero attached hydrogens (tertiary/aromatic N) is 3. The van der Waals surface area contributed by atoms with Crippen LogP contribution in [0.5, 0.6) is 17.2 Å². The summed E-state index contributed by atoms with van der Waals surface area (Å²) in [5.74, 6) is 2.81. The van der Waals surface area contributed by atoms with Crippen molar-refractivity contribution in [1.82, 2.24) is 15.0 Å². The maximum absolute atomic E-state index is 13.0. The number of ether oxygens (including phenoxy) is 3. The molecule has 0 spiro atoms. The number of urea groups is 1. The summed E-state index contributed by atoms with van der Waals surface area (Å²) in [6.07, 6.45) is 1.60. The van der Waals surface area contributed by atoms with E-state index in [-0.39, 0.29) is 12.1 Å². The summed E-state index contributed by atoms with van der Waals surface area (Å²) in [5.41, 5.74) is 1.38. The van der Waals surface area contributed by atoms with E-state index < -0.39 is 0 Å². The van der Waals surface area contributed by atoms with Crippen molar-refractivity contribution in [3.05, 3.63) is 48.4 Å². The molecule has 1 atom stereocenters. The first-order valence-electron chi connectivity index (χ1n) is 10.2. The molecule has 31 heavy (non-hydrogen) atoms. The van der Waals surface area contributed by atoms with Gasteiger partial charge in [-0.05, 0) is 37.1 Å². The number of amides is 2. The number of aromatic nitrogens is 2. The Morgan fingerprint density at radius 2 is 2.00 bits per heavy atom. The van der Waals surface area contributed by atoms with Crippen LogP contribution < -0.4 is 19.5 Å². The Kier molecular flexibility index (Phi) is 5.07. The number of hydrogen-bond acceptors (Lipinski definition) is 7. The summed E-state index contributed by atoms with van der Waals surface area (Å²) in [7, 11) is 1.60. The van der Waals surface area contributed by atoms with E-state index in [0.717, 1.165) is 18.4 Å². The van der Waals surface area contributed by atoms with E-state index >= 15 is 0 Å². The lowest BCUT2D eigenvalue weighted by Gasteiger charge is -2.23. The number of benzene rings is 2. The van der Waals surface area contributed by atoms with E-state index in [0.29, 0.717) is 54.4 Å². The van der Waals surface area contributed by atoms with E-state index in [2.05, 4.69) is 15.5 Å². The Morgan fingerprint density at radius 1 is 1.16 bits per heavy atom. The predicted octanol–water partition coefficient (Wildman–Crippen LogP) is 3.89. The minimum absolute atomic E-state index is 0.226. The van der Waals surface area contributed by atoms with E-state index in [1.165, 1.54) is 0 Å². The molecular weight excluding hydrogens is 400 g/mol. The average Bonchev–Trinajstić information content (AvgIpc) is 3.48. The lowest BCUT2D eigenvalue weighted by atomic mass is 10.2. The first kappa shape index (κ1) is 19.2. The van der Waals surface area contributed by atoms with Crippen LogP contribution in [0.15, 0.2) is 47.0 Å². The number of anilines is 1. The molecule has 1 fully saturated rings. The van der Waals surface area contributed by atoms with Gasteiger partial charge in [0.25, 0.3) is 0 Å². The van der Waals surface area contributed by atoms with Crippen molar-refractivity contribution in [2.75, 3.05) is 32.2 Å². The number of hydrogen-bond donors (Lipinski definition) is 1. The van der Waals surface area contributed by atoms with Gasteiger partial charge >= 0.3 is 6.03 Å². The van der Waals surface area contributed by atoms with Gasteiger partial charge in [0.15, 0.2) is 11.5 Å². The zero-order valence-electron chi connectivity index (χ0n) is 17.0. The van der Waals surface area contributed by atoms with Gasteiger partial charge in [0.1, 0.15) is 25.0 Å². The van der Waals surface area contributed by atoms with Crippen molar-refractivity contribution in [2.45, 2.75) is 18.9 Å². The minimum atomic E-state index is -0.284. The number of likely N-dealkylation sites (tertiary alicyclic amines) is 1. The maximum atomic E-state index is 13.0. The van der Waals surface area contributed by atoms with Crippen LogP contribution in [0.25, 0.3) is 11.4 Å². The summed E-state index contributed by atoms with van der Waals surface area (Å²) in [4.78, 5) is 19.2. The smallest absolute Gasteiger partial charge is 0.322 e. The standard InChI is InChI=1S/C22H22N4O5/c1-28-17-7-3-2-5-15(17)20-24-21(31-25-20)16-6-4-10-26(16)22(27)23-14-8-9-18-19(13-14)30-12-11-29-18/h2-3,5,7-9,13,16H,4,6,10-12H2,1H3,(H,23,27)/t16-/m1/s1. The highest BCUT2D eigenvalue weighted by molar-refractivity contribution is 5.90. The van der Waals surface area contributed by atoms with Gasteiger partial charge in [-0.15, -0.1) is 0 Å². The monoisotopic (exact) mass is 422 g/mol. The van der Waals surface area contributed by atoms with Crippen LogP contribution >= 0.6 is 0 Å². The molecule has 3 heterocycles. The molecule has 2 aromatic carbocycles. The van der Waals surface area contributed by atoms with Gasteiger partial charge in [-0.2, -0.15) is 4.98 Å². The van der Waals surface area contributed by atoms with E-state index in [1.54, 1.807) is 30.2 Å². The molecule has 0 bridgehead atoms. The Labute approximate surface area is 178 Å². The molecule has 0 aliphatic carbocycles. The number of methoxy groups -OCH3 is 1. The summed E-state index contributed by atoms with van der Waals surface area (Å²) < 4.78 is 22.0. The summed E-state index contributed by atoms with van der Waals surface area (Å²) in [5, 5.41) is 7.04. The van der Waals surface area contributed by atoms with Crippen LogP contribution in [0.2, 0.25) is 0 Å². The largest absolute Gasteiger partial charge is 0.496 e. The lowest BCUT2D eigenvalue weighted by molar-refractivity contribution is 0.171. The first-order valence-corrected chi connectivity index (χ1v) is 10.2. The number of fused-ring (bicyclic) bond motifs is 1. The second-order valence-electron chi connectivity index (χ2n) is 7.30. The first-order chi connectivity index (χ1) is 15.2. The lowest BCUT2D eigenvalue weighted by Crippen LogP contribution is -2.34. The Balaban J connectivity index is 1.33. The fourth-order valence-electron chi connectivity index (χ4n) is 3.89. The molecule has 160 valence electrons. The number of nitrogens with one attached hydrogen (secondary N) is 1. The summed E-state index contributed by atoms with van der Waals surface area (Å²) in [6, 6.07) is 12.3. The highest BCUT2D eigenvalue weighted by Gasteiger charge is 2.34. The molecule has 9 nitrogen and oxygen atoms in total. The number of rotatable bonds is 4. The van der Waals surface area contributed by atoms with E-state index in [1.807, 2.05) is 24.3 Å². The van der Waals surface area contributed by atoms with Crippen LogP contribution in [0, 0.1) is 0 Å². The molecule has 9 heteroatoms. The molecule has 0 saturated carbocycles. The molecule has 1 saturated heterocycles. The third-order valence-corrected chi connectivity index (χ3v) is 5.38. The van der Waals surface area contributed by atoms with Crippen LogP contribution in [0.3, 0.4) is 0 Å². The fourth-order valence-corrected chi connectivity index (χ4v) is 3.89. The van der Waals surface area contributed by atoms with Gasteiger partial charge in [-0.1, -0.05) is 17.3 Å². The Hall–Kier alpha value is -3.75. The molecule has 3 aromatic rings. The zero-order valence-corrected chi connectivity index (χ0v) is 17.0. The molecule has 2 aliphatic rings. The molecule has 5 rings (SSSR count). The molecule has 1 aromatic heterocycles. The second-order valence-corrected chi connectivity index (χ2v) is 7.30. The quantitative estimate of drug-likeness (QED) is 0.681. The van der Waals surface area contributed by atoms with Gasteiger partial charge in [0.2, 0.25) is 11.7 Å². The van der Waals surface area contributed by atoms with Crippen LogP contribution in [-0.4, -0.2) is 47.9 Å².